The topological polar surface area (TPSA) is 41.6 Å². The molecule has 0 bridgehead atoms. The second-order valence-electron chi connectivity index (χ2n) is 6.13. The van der Waals surface area contributed by atoms with Crippen LogP contribution < -0.4 is 10.1 Å². The van der Waals surface area contributed by atoms with Crippen LogP contribution in [0.1, 0.15) is 35.3 Å². The van der Waals surface area contributed by atoms with Gasteiger partial charge >= 0.3 is 0 Å². The Morgan fingerprint density at radius 3 is 2.32 bits per heavy atom. The monoisotopic (exact) mass is 360 g/mol. The van der Waals surface area contributed by atoms with Gasteiger partial charge in [0.2, 0.25) is 0 Å². The molecule has 2 rings (SSSR count). The third-order valence-corrected chi connectivity index (χ3v) is 4.12. The van der Waals surface area contributed by atoms with Gasteiger partial charge in [0.1, 0.15) is 5.75 Å². The molecule has 134 valence electrons. The summed E-state index contributed by atoms with van der Waals surface area (Å²) < 4.78 is 5.42. The summed E-state index contributed by atoms with van der Waals surface area (Å²) in [6.07, 6.45) is 0.817. The standard InChI is InChI=1S/C20H25ClN2O2/c1-4-25-18-11-7-16(8-12-18)20(24)22-19(13-14-23(2)3)15-5-9-17(21)10-6-15/h5-12,19H,4,13-14H2,1-3H3,(H,22,24). The maximum Gasteiger partial charge on any atom is 0.251 e. The molecule has 0 spiro atoms. The number of hydrogen-bond acceptors (Lipinski definition) is 3. The summed E-state index contributed by atoms with van der Waals surface area (Å²) in [7, 11) is 4.04. The molecule has 1 amide bonds. The first kappa shape index (κ1) is 19.3. The molecule has 0 fully saturated rings. The SMILES string of the molecule is CCOc1ccc(C(=O)NC(CCN(C)C)c2ccc(Cl)cc2)cc1. The highest BCUT2D eigenvalue weighted by Crippen LogP contribution is 2.21. The third kappa shape index (κ3) is 6.07. The van der Waals surface area contributed by atoms with Crippen molar-refractivity contribution in [2.45, 2.75) is 19.4 Å². The lowest BCUT2D eigenvalue weighted by Gasteiger charge is -2.21. The van der Waals surface area contributed by atoms with E-state index in [0.29, 0.717) is 17.2 Å². The van der Waals surface area contributed by atoms with E-state index in [1.54, 1.807) is 12.1 Å². The molecular formula is C20H25ClN2O2. The van der Waals surface area contributed by atoms with Crippen molar-refractivity contribution in [3.8, 4) is 5.75 Å². The van der Waals surface area contributed by atoms with Crippen LogP contribution in [-0.4, -0.2) is 38.1 Å². The van der Waals surface area contributed by atoms with Gasteiger partial charge in [-0.3, -0.25) is 4.79 Å². The van der Waals surface area contributed by atoms with Gasteiger partial charge in [0.25, 0.3) is 5.91 Å². The van der Waals surface area contributed by atoms with Gasteiger partial charge in [-0.05, 0) is 75.9 Å². The lowest BCUT2D eigenvalue weighted by atomic mass is 10.0. The fraction of sp³-hybridized carbons (Fsp3) is 0.350. The number of nitrogens with zero attached hydrogens (tertiary/aromatic N) is 1. The molecule has 4 nitrogen and oxygen atoms in total. The van der Waals surface area contributed by atoms with Gasteiger partial charge < -0.3 is 15.0 Å². The summed E-state index contributed by atoms with van der Waals surface area (Å²) in [5, 5.41) is 3.81. The average Bonchev–Trinajstić information content (AvgIpc) is 2.60. The number of ether oxygens (including phenoxy) is 1. The van der Waals surface area contributed by atoms with Crippen molar-refractivity contribution in [2.24, 2.45) is 0 Å². The third-order valence-electron chi connectivity index (χ3n) is 3.87. The number of halogens is 1. The molecule has 0 aliphatic carbocycles. The number of benzene rings is 2. The Morgan fingerprint density at radius 1 is 1.12 bits per heavy atom. The van der Waals surface area contributed by atoms with Gasteiger partial charge in [-0.1, -0.05) is 23.7 Å². The van der Waals surface area contributed by atoms with E-state index in [4.69, 9.17) is 16.3 Å². The molecule has 1 N–H and O–H groups in total. The minimum absolute atomic E-state index is 0.0706. The Morgan fingerprint density at radius 2 is 1.76 bits per heavy atom. The molecule has 0 radical (unpaired) electrons. The summed E-state index contributed by atoms with van der Waals surface area (Å²) in [6.45, 7) is 3.41. The van der Waals surface area contributed by atoms with E-state index >= 15 is 0 Å². The molecule has 2 aromatic rings. The van der Waals surface area contributed by atoms with Crippen LogP contribution in [0.25, 0.3) is 0 Å². The highest BCUT2D eigenvalue weighted by Gasteiger charge is 2.16. The molecule has 5 heteroatoms. The fourth-order valence-electron chi connectivity index (χ4n) is 2.52. The first-order valence-corrected chi connectivity index (χ1v) is 8.81. The second-order valence-corrected chi connectivity index (χ2v) is 6.56. The van der Waals surface area contributed by atoms with Crippen molar-refractivity contribution in [3.63, 3.8) is 0 Å². The summed E-state index contributed by atoms with van der Waals surface area (Å²) in [6, 6.07) is 14.7. The van der Waals surface area contributed by atoms with E-state index in [0.717, 1.165) is 24.3 Å². The number of carbonyl (C=O) groups excluding carboxylic acids is 1. The highest BCUT2D eigenvalue weighted by atomic mass is 35.5. The van der Waals surface area contributed by atoms with Crippen LogP contribution >= 0.6 is 11.6 Å². The van der Waals surface area contributed by atoms with Crippen LogP contribution in [0.5, 0.6) is 5.75 Å². The zero-order valence-corrected chi connectivity index (χ0v) is 15.7. The summed E-state index contributed by atoms with van der Waals surface area (Å²) in [5.41, 5.74) is 1.66. The van der Waals surface area contributed by atoms with Gasteiger partial charge in [-0.25, -0.2) is 0 Å². The Balaban J connectivity index is 2.11. The van der Waals surface area contributed by atoms with Gasteiger partial charge in [-0.15, -0.1) is 0 Å². The zero-order valence-electron chi connectivity index (χ0n) is 15.0. The summed E-state index contributed by atoms with van der Waals surface area (Å²) in [5.74, 6) is 0.669. The van der Waals surface area contributed by atoms with Crippen molar-refractivity contribution in [2.75, 3.05) is 27.2 Å². The van der Waals surface area contributed by atoms with Crippen molar-refractivity contribution < 1.29 is 9.53 Å². The predicted molar refractivity (Wildman–Crippen MR) is 102 cm³/mol. The first-order chi connectivity index (χ1) is 12.0. The molecule has 0 aromatic heterocycles. The number of amides is 1. The first-order valence-electron chi connectivity index (χ1n) is 8.43. The minimum atomic E-state index is -0.0956. The smallest absolute Gasteiger partial charge is 0.251 e. The van der Waals surface area contributed by atoms with Crippen LogP contribution in [-0.2, 0) is 0 Å². The number of rotatable bonds is 8. The molecule has 0 aliphatic heterocycles. The lowest BCUT2D eigenvalue weighted by molar-refractivity contribution is 0.0932. The van der Waals surface area contributed by atoms with E-state index in [-0.39, 0.29) is 11.9 Å². The van der Waals surface area contributed by atoms with Gasteiger partial charge in [0.05, 0.1) is 12.6 Å². The van der Waals surface area contributed by atoms with Crippen molar-refractivity contribution >= 4 is 17.5 Å². The molecule has 1 unspecified atom stereocenters. The number of nitrogens with one attached hydrogen (secondary N) is 1. The number of carbonyl (C=O) groups is 1. The molecule has 0 saturated heterocycles. The van der Waals surface area contributed by atoms with Gasteiger partial charge in [0.15, 0.2) is 0 Å². The van der Waals surface area contributed by atoms with Crippen LogP contribution in [0, 0.1) is 0 Å². The van der Waals surface area contributed by atoms with E-state index in [2.05, 4.69) is 10.2 Å². The van der Waals surface area contributed by atoms with Gasteiger partial charge in [0, 0.05) is 10.6 Å². The van der Waals surface area contributed by atoms with E-state index in [1.165, 1.54) is 0 Å². The minimum Gasteiger partial charge on any atom is -0.494 e. The maximum atomic E-state index is 12.6. The van der Waals surface area contributed by atoms with Crippen molar-refractivity contribution in [1.29, 1.82) is 0 Å². The highest BCUT2D eigenvalue weighted by molar-refractivity contribution is 6.30. The van der Waals surface area contributed by atoms with E-state index < -0.39 is 0 Å². The van der Waals surface area contributed by atoms with Crippen molar-refractivity contribution in [1.82, 2.24) is 10.2 Å². The summed E-state index contributed by atoms with van der Waals surface area (Å²) >= 11 is 5.98. The maximum absolute atomic E-state index is 12.6. The Hall–Kier alpha value is -2.04. The lowest BCUT2D eigenvalue weighted by Crippen LogP contribution is -2.31. The van der Waals surface area contributed by atoms with Crippen LogP contribution in [0.2, 0.25) is 5.02 Å². The van der Waals surface area contributed by atoms with Crippen LogP contribution in [0.3, 0.4) is 0 Å². The molecule has 0 aliphatic rings. The molecule has 1 atom stereocenters. The molecular weight excluding hydrogens is 336 g/mol. The zero-order chi connectivity index (χ0) is 18.2. The largest absolute Gasteiger partial charge is 0.494 e. The summed E-state index contributed by atoms with van der Waals surface area (Å²) in [4.78, 5) is 14.7. The quantitative estimate of drug-likeness (QED) is 0.768. The average molecular weight is 361 g/mol. The van der Waals surface area contributed by atoms with Crippen molar-refractivity contribution in [3.05, 3.63) is 64.7 Å². The van der Waals surface area contributed by atoms with E-state index in [9.17, 15) is 4.79 Å². The molecule has 0 heterocycles. The molecule has 0 saturated carbocycles. The Kier molecular flexibility index (Phi) is 7.29. The number of hydrogen-bond donors (Lipinski definition) is 1. The van der Waals surface area contributed by atoms with Crippen LogP contribution in [0.4, 0.5) is 0 Å². The molecule has 25 heavy (non-hydrogen) atoms. The van der Waals surface area contributed by atoms with E-state index in [1.807, 2.05) is 57.4 Å². The second kappa shape index (κ2) is 9.44. The Labute approximate surface area is 154 Å². The predicted octanol–water partition coefficient (Wildman–Crippen LogP) is 4.16. The normalized spacial score (nSPS) is 12.0. The van der Waals surface area contributed by atoms with Crippen LogP contribution in [0.15, 0.2) is 48.5 Å². The van der Waals surface area contributed by atoms with Gasteiger partial charge in [-0.2, -0.15) is 0 Å². The Bertz CT molecular complexity index is 669. The molecule has 2 aromatic carbocycles. The fourth-order valence-corrected chi connectivity index (χ4v) is 2.64.